The molecule has 0 N–H and O–H groups in total. The molecule has 132 valence electrons. The first-order valence-electron chi connectivity index (χ1n) is 9.31. The van der Waals surface area contributed by atoms with Crippen LogP contribution >= 0.6 is 0 Å². The largest absolute Gasteiger partial charge is 0.371 e. The fourth-order valence-corrected chi connectivity index (χ4v) is 3.67. The summed E-state index contributed by atoms with van der Waals surface area (Å²) in [6.07, 6.45) is 1.88. The van der Waals surface area contributed by atoms with Crippen LogP contribution in [-0.4, -0.2) is 18.9 Å². The van der Waals surface area contributed by atoms with Crippen molar-refractivity contribution in [1.82, 2.24) is 0 Å². The van der Waals surface area contributed by atoms with E-state index in [-0.39, 0.29) is 11.3 Å². The number of Topliss-reactive ketones (excluding diaryl/α,β-unsaturated/α-hetero) is 1. The van der Waals surface area contributed by atoms with Crippen LogP contribution in [0.5, 0.6) is 0 Å². The van der Waals surface area contributed by atoms with Crippen LogP contribution in [-0.2, 0) is 5.41 Å². The van der Waals surface area contributed by atoms with E-state index in [9.17, 15) is 4.79 Å². The van der Waals surface area contributed by atoms with Gasteiger partial charge in [-0.05, 0) is 42.4 Å². The molecule has 0 aromatic heterocycles. The summed E-state index contributed by atoms with van der Waals surface area (Å²) >= 11 is 0. The first-order valence-corrected chi connectivity index (χ1v) is 9.31. The lowest BCUT2D eigenvalue weighted by atomic mass is 9.84. The highest BCUT2D eigenvalue weighted by Crippen LogP contribution is 2.28. The molecule has 25 heavy (non-hydrogen) atoms. The number of ketones is 1. The molecule has 0 bridgehead atoms. The average molecular weight is 335 g/mol. The maximum Gasteiger partial charge on any atom is 0.166 e. The summed E-state index contributed by atoms with van der Waals surface area (Å²) in [5.41, 5.74) is 4.88. The van der Waals surface area contributed by atoms with E-state index >= 15 is 0 Å². The Morgan fingerprint density at radius 3 is 2.12 bits per heavy atom. The lowest BCUT2D eigenvalue weighted by Crippen LogP contribution is -2.36. The second kappa shape index (κ2) is 7.03. The van der Waals surface area contributed by atoms with Crippen molar-refractivity contribution in [2.24, 2.45) is 5.92 Å². The molecule has 0 aliphatic carbocycles. The van der Waals surface area contributed by atoms with Crippen molar-refractivity contribution in [1.29, 1.82) is 0 Å². The Labute approximate surface area is 151 Å². The molecule has 1 heterocycles. The standard InChI is InChI=1S/C23H29NO/c1-17-7-5-6-8-21(17)24-15-13-19(14-16-24)22(25)18-9-11-20(12-10-18)23(2,3)4/h5-12,19H,13-16H2,1-4H3. The van der Waals surface area contributed by atoms with Crippen LogP contribution in [0.3, 0.4) is 0 Å². The van der Waals surface area contributed by atoms with Gasteiger partial charge in [0.05, 0.1) is 0 Å². The molecule has 2 aromatic carbocycles. The molecule has 1 fully saturated rings. The Bertz CT molecular complexity index is 731. The molecule has 0 spiro atoms. The van der Waals surface area contributed by atoms with Crippen LogP contribution in [0.4, 0.5) is 5.69 Å². The first kappa shape index (κ1) is 17.7. The summed E-state index contributed by atoms with van der Waals surface area (Å²) in [5.74, 6) is 0.464. The van der Waals surface area contributed by atoms with Gasteiger partial charge < -0.3 is 4.90 Å². The number of benzene rings is 2. The van der Waals surface area contributed by atoms with Crippen LogP contribution < -0.4 is 4.90 Å². The summed E-state index contributed by atoms with van der Waals surface area (Å²) in [7, 11) is 0. The Morgan fingerprint density at radius 1 is 0.960 bits per heavy atom. The number of piperidine rings is 1. The highest BCUT2D eigenvalue weighted by molar-refractivity contribution is 5.98. The van der Waals surface area contributed by atoms with Gasteiger partial charge in [0.2, 0.25) is 0 Å². The molecule has 0 atom stereocenters. The van der Waals surface area contributed by atoms with Gasteiger partial charge >= 0.3 is 0 Å². The number of nitrogens with zero attached hydrogens (tertiary/aromatic N) is 1. The number of aryl methyl sites for hydroxylation is 1. The normalized spacial score (nSPS) is 16.1. The number of hydrogen-bond donors (Lipinski definition) is 0. The van der Waals surface area contributed by atoms with Crippen molar-refractivity contribution >= 4 is 11.5 Å². The van der Waals surface area contributed by atoms with Crippen LogP contribution in [0.25, 0.3) is 0 Å². The zero-order chi connectivity index (χ0) is 18.0. The monoisotopic (exact) mass is 335 g/mol. The van der Waals surface area contributed by atoms with E-state index in [1.54, 1.807) is 0 Å². The van der Waals surface area contributed by atoms with E-state index < -0.39 is 0 Å². The van der Waals surface area contributed by atoms with Crippen molar-refractivity contribution in [2.75, 3.05) is 18.0 Å². The van der Waals surface area contributed by atoms with Gasteiger partial charge in [-0.3, -0.25) is 4.79 Å². The van der Waals surface area contributed by atoms with Gasteiger partial charge in [-0.2, -0.15) is 0 Å². The molecule has 1 aliphatic heterocycles. The third-order valence-electron chi connectivity index (χ3n) is 5.36. The maximum atomic E-state index is 12.9. The summed E-state index contributed by atoms with van der Waals surface area (Å²) in [6.45, 7) is 10.7. The summed E-state index contributed by atoms with van der Waals surface area (Å²) in [4.78, 5) is 15.3. The molecule has 1 saturated heterocycles. The molecule has 2 heteroatoms. The van der Waals surface area contributed by atoms with Gasteiger partial charge in [0.15, 0.2) is 5.78 Å². The molecule has 1 aliphatic rings. The van der Waals surface area contributed by atoms with Gasteiger partial charge in [0.25, 0.3) is 0 Å². The quantitative estimate of drug-likeness (QED) is 0.701. The van der Waals surface area contributed by atoms with Gasteiger partial charge in [-0.25, -0.2) is 0 Å². The van der Waals surface area contributed by atoms with E-state index in [1.807, 2.05) is 12.1 Å². The van der Waals surface area contributed by atoms with Gasteiger partial charge in [-0.1, -0.05) is 63.2 Å². The molecule has 2 aromatic rings. The molecule has 0 radical (unpaired) electrons. The third-order valence-corrected chi connectivity index (χ3v) is 5.36. The number of carbonyl (C=O) groups is 1. The number of carbonyl (C=O) groups excluding carboxylic acids is 1. The van der Waals surface area contributed by atoms with E-state index in [2.05, 4.69) is 69.0 Å². The number of rotatable bonds is 3. The Kier molecular flexibility index (Phi) is 4.99. The second-order valence-corrected chi connectivity index (χ2v) is 8.24. The van der Waals surface area contributed by atoms with Crippen molar-refractivity contribution in [2.45, 2.75) is 46.0 Å². The Morgan fingerprint density at radius 2 is 1.56 bits per heavy atom. The van der Waals surface area contributed by atoms with Crippen LogP contribution in [0.1, 0.15) is 55.1 Å². The number of anilines is 1. The lowest BCUT2D eigenvalue weighted by molar-refractivity contribution is 0.0900. The highest BCUT2D eigenvalue weighted by atomic mass is 16.1. The Balaban J connectivity index is 1.65. The SMILES string of the molecule is Cc1ccccc1N1CCC(C(=O)c2ccc(C(C)(C)C)cc2)CC1. The summed E-state index contributed by atoms with van der Waals surface area (Å²) in [6, 6.07) is 16.7. The molecule has 3 rings (SSSR count). The molecular formula is C23H29NO. The van der Waals surface area contributed by atoms with Gasteiger partial charge in [0.1, 0.15) is 0 Å². The minimum atomic E-state index is 0.125. The minimum absolute atomic E-state index is 0.125. The van der Waals surface area contributed by atoms with Crippen molar-refractivity contribution in [3.8, 4) is 0 Å². The van der Waals surface area contributed by atoms with E-state index in [0.717, 1.165) is 31.5 Å². The Hall–Kier alpha value is -2.09. The van der Waals surface area contributed by atoms with E-state index in [1.165, 1.54) is 16.8 Å². The smallest absolute Gasteiger partial charge is 0.166 e. The van der Waals surface area contributed by atoms with Crippen LogP contribution in [0.2, 0.25) is 0 Å². The number of para-hydroxylation sites is 1. The fraction of sp³-hybridized carbons (Fsp3) is 0.435. The lowest BCUT2D eigenvalue weighted by Gasteiger charge is -2.34. The van der Waals surface area contributed by atoms with E-state index in [4.69, 9.17) is 0 Å². The molecule has 0 saturated carbocycles. The second-order valence-electron chi connectivity index (χ2n) is 8.24. The summed E-state index contributed by atoms with van der Waals surface area (Å²) in [5, 5.41) is 0. The molecule has 0 amide bonds. The van der Waals surface area contributed by atoms with Gasteiger partial charge in [0, 0.05) is 30.3 Å². The molecule has 2 nitrogen and oxygen atoms in total. The van der Waals surface area contributed by atoms with E-state index in [0.29, 0.717) is 5.78 Å². The first-order chi connectivity index (χ1) is 11.9. The maximum absolute atomic E-state index is 12.9. The van der Waals surface area contributed by atoms with Crippen molar-refractivity contribution in [3.05, 3.63) is 65.2 Å². The predicted molar refractivity (Wildman–Crippen MR) is 106 cm³/mol. The zero-order valence-electron chi connectivity index (χ0n) is 15.9. The predicted octanol–water partition coefficient (Wildman–Crippen LogP) is 5.39. The van der Waals surface area contributed by atoms with Crippen molar-refractivity contribution in [3.63, 3.8) is 0 Å². The zero-order valence-corrected chi connectivity index (χ0v) is 15.9. The molecular weight excluding hydrogens is 306 g/mol. The average Bonchev–Trinajstić information content (AvgIpc) is 2.61. The van der Waals surface area contributed by atoms with Crippen molar-refractivity contribution < 1.29 is 4.79 Å². The van der Waals surface area contributed by atoms with Crippen LogP contribution in [0, 0.1) is 12.8 Å². The van der Waals surface area contributed by atoms with Crippen LogP contribution in [0.15, 0.2) is 48.5 Å². The number of hydrogen-bond acceptors (Lipinski definition) is 2. The highest BCUT2D eigenvalue weighted by Gasteiger charge is 2.26. The third kappa shape index (κ3) is 3.95. The minimum Gasteiger partial charge on any atom is -0.371 e. The van der Waals surface area contributed by atoms with Gasteiger partial charge in [-0.15, -0.1) is 0 Å². The summed E-state index contributed by atoms with van der Waals surface area (Å²) < 4.78 is 0. The fourth-order valence-electron chi connectivity index (χ4n) is 3.67. The molecule has 0 unspecified atom stereocenters. The topological polar surface area (TPSA) is 20.3 Å².